The molecule has 0 atom stereocenters. The van der Waals surface area contributed by atoms with E-state index in [1.807, 2.05) is 35.0 Å². The quantitative estimate of drug-likeness (QED) is 0.229. The number of carboxylic acid groups (broad SMARTS) is 3. The number of benzene rings is 2. The molecule has 40 heavy (non-hydrogen) atoms. The Bertz CT molecular complexity index is 1230. The van der Waals surface area contributed by atoms with Crippen molar-refractivity contribution in [3.05, 3.63) is 83.9 Å². The number of hydrogen-bond acceptors (Lipinski definition) is 7. The topological polar surface area (TPSA) is 162 Å². The molecule has 0 aliphatic carbocycles. The van der Waals surface area contributed by atoms with Crippen molar-refractivity contribution < 1.29 is 48.3 Å². The highest BCUT2D eigenvalue weighted by Gasteiger charge is 2.40. The van der Waals surface area contributed by atoms with Crippen LogP contribution in [-0.2, 0) is 34.0 Å². The molecule has 0 unspecified atom stereocenters. The number of aliphatic hydroxyl groups is 1. The van der Waals surface area contributed by atoms with Crippen molar-refractivity contribution in [2.45, 2.75) is 44.5 Å². The van der Waals surface area contributed by atoms with E-state index in [-0.39, 0.29) is 0 Å². The van der Waals surface area contributed by atoms with E-state index in [4.69, 9.17) is 25.2 Å². The summed E-state index contributed by atoms with van der Waals surface area (Å²) in [5.74, 6) is -5.32. The second kappa shape index (κ2) is 15.3. The Morgan fingerprint density at radius 3 is 2.15 bits per heavy atom. The minimum Gasteiger partial charge on any atom is -0.496 e. The lowest BCUT2D eigenvalue weighted by Crippen LogP contribution is -2.42. The van der Waals surface area contributed by atoms with Gasteiger partial charge in [0.25, 0.3) is 0 Å². The van der Waals surface area contributed by atoms with Crippen LogP contribution in [0.1, 0.15) is 30.4 Å². The van der Waals surface area contributed by atoms with Crippen molar-refractivity contribution in [2.75, 3.05) is 13.7 Å². The molecule has 0 aliphatic rings. The molecule has 1 heterocycles. The molecule has 11 nitrogen and oxygen atoms in total. The average molecular weight is 564 g/mol. The van der Waals surface area contributed by atoms with Crippen LogP contribution in [0.3, 0.4) is 0 Å². The van der Waals surface area contributed by atoms with E-state index in [1.165, 1.54) is 12.1 Å². The maximum atomic E-state index is 13.6. The maximum absolute atomic E-state index is 13.6. The molecular weight excluding hydrogens is 532 g/mol. The molecule has 0 bridgehead atoms. The maximum Gasteiger partial charge on any atom is 0.336 e. The zero-order valence-electron chi connectivity index (χ0n) is 21.7. The largest absolute Gasteiger partial charge is 0.496 e. The van der Waals surface area contributed by atoms with Crippen LogP contribution in [-0.4, -0.2) is 72.0 Å². The Morgan fingerprint density at radius 1 is 1.00 bits per heavy atom. The second-order valence-corrected chi connectivity index (χ2v) is 8.93. The SMILES string of the molecule is COc1ccccc1CN(CCCn1ccnc1)Cc1cc(F)cc(F)c1.O=C(O)CC(O)(CC(=O)O)C(=O)O. The van der Waals surface area contributed by atoms with Crippen LogP contribution >= 0.6 is 0 Å². The first-order valence-corrected chi connectivity index (χ1v) is 12.1. The molecule has 13 heteroatoms. The summed E-state index contributed by atoms with van der Waals surface area (Å²) in [4.78, 5) is 36.7. The van der Waals surface area contributed by atoms with Crippen molar-refractivity contribution >= 4 is 17.9 Å². The number of carboxylic acids is 3. The van der Waals surface area contributed by atoms with E-state index in [9.17, 15) is 23.2 Å². The van der Waals surface area contributed by atoms with Gasteiger partial charge in [0.15, 0.2) is 5.60 Å². The summed E-state index contributed by atoms with van der Waals surface area (Å²) < 4.78 is 34.6. The summed E-state index contributed by atoms with van der Waals surface area (Å²) in [6.45, 7) is 2.69. The zero-order valence-corrected chi connectivity index (χ0v) is 21.7. The number of methoxy groups -OCH3 is 1. The summed E-state index contributed by atoms with van der Waals surface area (Å²) in [6.07, 6.45) is 4.06. The van der Waals surface area contributed by atoms with Crippen molar-refractivity contribution in [3.8, 4) is 5.75 Å². The highest BCUT2D eigenvalue weighted by Crippen LogP contribution is 2.21. The number of aryl methyl sites for hydroxylation is 1. The molecule has 216 valence electrons. The first-order chi connectivity index (χ1) is 18.9. The smallest absolute Gasteiger partial charge is 0.336 e. The highest BCUT2D eigenvalue weighted by atomic mass is 19.1. The van der Waals surface area contributed by atoms with Crippen LogP contribution in [0.15, 0.2) is 61.2 Å². The van der Waals surface area contributed by atoms with Gasteiger partial charge in [-0.05, 0) is 30.2 Å². The van der Waals surface area contributed by atoms with Crippen LogP contribution in [0.4, 0.5) is 8.78 Å². The molecule has 2 aromatic carbocycles. The molecule has 0 amide bonds. The number of carbonyl (C=O) groups is 3. The summed E-state index contributed by atoms with van der Waals surface area (Å²) in [5.41, 5.74) is -1.08. The van der Waals surface area contributed by atoms with E-state index in [0.29, 0.717) is 18.7 Å². The summed E-state index contributed by atoms with van der Waals surface area (Å²) in [7, 11) is 1.64. The third-order valence-electron chi connectivity index (χ3n) is 5.65. The molecule has 3 aromatic rings. The van der Waals surface area contributed by atoms with Crippen molar-refractivity contribution in [2.24, 2.45) is 0 Å². The van der Waals surface area contributed by atoms with Gasteiger partial charge in [0, 0.05) is 50.2 Å². The molecule has 0 radical (unpaired) electrons. The van der Waals surface area contributed by atoms with E-state index >= 15 is 0 Å². The van der Waals surface area contributed by atoms with Crippen LogP contribution in [0.2, 0.25) is 0 Å². The Hall–Kier alpha value is -4.36. The van der Waals surface area contributed by atoms with Crippen LogP contribution < -0.4 is 4.74 Å². The van der Waals surface area contributed by atoms with Gasteiger partial charge >= 0.3 is 17.9 Å². The zero-order chi connectivity index (χ0) is 29.7. The van der Waals surface area contributed by atoms with Crippen molar-refractivity contribution in [3.63, 3.8) is 0 Å². The standard InChI is InChI=1S/C21H23F2N3O.C6H8O7/c1-27-21-6-3-2-5-18(21)15-26(9-4-8-25-10-7-24-16-25)14-17-11-19(22)13-20(23)12-17;7-3(8)1-6(13,5(11)12)2-4(9)10/h2-3,5-7,10-13,16H,4,8-9,14-15H2,1H3;13H,1-2H2,(H,7,8)(H,9,10)(H,11,12). The van der Waals surface area contributed by atoms with Crippen LogP contribution in [0.25, 0.3) is 0 Å². The van der Waals surface area contributed by atoms with E-state index < -0.39 is 48.0 Å². The third kappa shape index (κ3) is 10.8. The number of aliphatic carboxylic acids is 3. The molecule has 0 spiro atoms. The minimum atomic E-state index is -2.74. The lowest BCUT2D eigenvalue weighted by Gasteiger charge is -2.24. The van der Waals surface area contributed by atoms with Crippen molar-refractivity contribution in [1.82, 2.24) is 14.5 Å². The Balaban J connectivity index is 0.000000366. The van der Waals surface area contributed by atoms with E-state index in [1.54, 1.807) is 19.6 Å². The molecule has 0 fully saturated rings. The van der Waals surface area contributed by atoms with Crippen LogP contribution in [0.5, 0.6) is 5.75 Å². The number of ether oxygens (including phenoxy) is 1. The van der Waals surface area contributed by atoms with E-state index in [0.717, 1.165) is 36.9 Å². The Kier molecular flexibility index (Phi) is 12.2. The predicted molar refractivity (Wildman–Crippen MR) is 137 cm³/mol. The monoisotopic (exact) mass is 563 g/mol. The Labute approximate surface area is 228 Å². The number of nitrogens with zero attached hydrogens (tertiary/aromatic N) is 3. The number of rotatable bonds is 14. The van der Waals surface area contributed by atoms with Crippen molar-refractivity contribution in [1.29, 1.82) is 0 Å². The molecule has 0 aliphatic heterocycles. The van der Waals surface area contributed by atoms with E-state index in [2.05, 4.69) is 9.88 Å². The van der Waals surface area contributed by atoms with Gasteiger partial charge in [-0.1, -0.05) is 18.2 Å². The van der Waals surface area contributed by atoms with Crippen LogP contribution in [0, 0.1) is 11.6 Å². The summed E-state index contributed by atoms with van der Waals surface area (Å²) in [6, 6.07) is 11.5. The molecule has 0 saturated heterocycles. The number of halogens is 2. The predicted octanol–water partition coefficient (Wildman–Crippen LogP) is 3.01. The van der Waals surface area contributed by atoms with Gasteiger partial charge in [0.1, 0.15) is 17.4 Å². The normalized spacial score (nSPS) is 11.0. The van der Waals surface area contributed by atoms with Gasteiger partial charge in [-0.2, -0.15) is 0 Å². The second-order valence-electron chi connectivity index (χ2n) is 8.93. The summed E-state index contributed by atoms with van der Waals surface area (Å²) in [5, 5.41) is 33.8. The van der Waals surface area contributed by atoms with Gasteiger partial charge in [-0.25, -0.2) is 18.6 Å². The lowest BCUT2D eigenvalue weighted by atomic mass is 9.96. The minimum absolute atomic E-state index is 0.455. The fourth-order valence-electron chi connectivity index (χ4n) is 3.86. The number of aromatic nitrogens is 2. The number of hydrogen-bond donors (Lipinski definition) is 4. The Morgan fingerprint density at radius 2 is 1.62 bits per heavy atom. The van der Waals surface area contributed by atoms with Gasteiger partial charge in [0.05, 0.1) is 26.3 Å². The molecule has 4 N–H and O–H groups in total. The summed E-state index contributed by atoms with van der Waals surface area (Å²) >= 11 is 0. The number of para-hydroxylation sites is 1. The third-order valence-corrected chi connectivity index (χ3v) is 5.65. The van der Waals surface area contributed by atoms with Gasteiger partial charge in [-0.15, -0.1) is 0 Å². The van der Waals surface area contributed by atoms with Gasteiger partial charge < -0.3 is 29.7 Å². The fourth-order valence-corrected chi connectivity index (χ4v) is 3.86. The number of imidazole rings is 1. The lowest BCUT2D eigenvalue weighted by molar-refractivity contribution is -0.170. The highest BCUT2D eigenvalue weighted by molar-refractivity contribution is 5.88. The van der Waals surface area contributed by atoms with Gasteiger partial charge in [0.2, 0.25) is 0 Å². The average Bonchev–Trinajstić information content (AvgIpc) is 3.36. The molecule has 3 rings (SSSR count). The molecular formula is C27H31F2N3O8. The van der Waals surface area contributed by atoms with Gasteiger partial charge in [-0.3, -0.25) is 14.5 Å². The molecule has 1 aromatic heterocycles. The first-order valence-electron chi connectivity index (χ1n) is 12.1. The fraction of sp³-hybridized carbons (Fsp3) is 0.333. The first kappa shape index (κ1) is 31.9. The molecule has 0 saturated carbocycles.